The van der Waals surface area contributed by atoms with Crippen molar-refractivity contribution < 1.29 is 4.74 Å². The first kappa shape index (κ1) is 12.3. The molecule has 1 heterocycles. The van der Waals surface area contributed by atoms with Gasteiger partial charge in [-0.25, -0.2) is 0 Å². The number of nitrogens with zero attached hydrogens (tertiary/aromatic N) is 2. The van der Waals surface area contributed by atoms with E-state index in [2.05, 4.69) is 5.10 Å². The fourth-order valence-corrected chi connectivity index (χ4v) is 1.71. The SMILES string of the molecule is CC(C)OC(C)(C)Cn1cc(Cl)c(N)n1. The summed E-state index contributed by atoms with van der Waals surface area (Å²) in [6.07, 6.45) is 1.89. The van der Waals surface area contributed by atoms with Crippen LogP contribution in [-0.2, 0) is 11.3 Å². The molecule has 0 unspecified atom stereocenters. The molecule has 0 aliphatic heterocycles. The lowest BCUT2D eigenvalue weighted by atomic mass is 10.1. The number of ether oxygens (including phenoxy) is 1. The molecule has 4 nitrogen and oxygen atoms in total. The van der Waals surface area contributed by atoms with Crippen molar-refractivity contribution in [1.82, 2.24) is 9.78 Å². The van der Waals surface area contributed by atoms with Gasteiger partial charge in [0, 0.05) is 6.20 Å². The van der Waals surface area contributed by atoms with Crippen molar-refractivity contribution in [2.45, 2.75) is 45.9 Å². The van der Waals surface area contributed by atoms with Crippen molar-refractivity contribution in [3.05, 3.63) is 11.2 Å². The highest BCUT2D eigenvalue weighted by Crippen LogP contribution is 2.19. The molecule has 86 valence electrons. The molecule has 0 bridgehead atoms. The first-order valence-electron chi connectivity index (χ1n) is 4.96. The van der Waals surface area contributed by atoms with Gasteiger partial charge in [-0.3, -0.25) is 4.68 Å². The molecule has 0 amide bonds. The number of anilines is 1. The Morgan fingerprint density at radius 1 is 1.60 bits per heavy atom. The van der Waals surface area contributed by atoms with E-state index in [4.69, 9.17) is 22.1 Å². The van der Waals surface area contributed by atoms with Crippen LogP contribution < -0.4 is 5.73 Å². The Labute approximate surface area is 95.3 Å². The number of nitrogen functional groups attached to an aromatic ring is 1. The summed E-state index contributed by atoms with van der Waals surface area (Å²) >= 11 is 5.81. The summed E-state index contributed by atoms with van der Waals surface area (Å²) in [6, 6.07) is 0. The third kappa shape index (κ3) is 3.72. The number of halogens is 1. The Morgan fingerprint density at radius 2 is 2.20 bits per heavy atom. The van der Waals surface area contributed by atoms with Crippen molar-refractivity contribution in [2.24, 2.45) is 0 Å². The van der Waals surface area contributed by atoms with Crippen LogP contribution in [-0.4, -0.2) is 21.5 Å². The predicted molar refractivity (Wildman–Crippen MR) is 61.9 cm³/mol. The van der Waals surface area contributed by atoms with Crippen molar-refractivity contribution in [3.8, 4) is 0 Å². The highest BCUT2D eigenvalue weighted by atomic mass is 35.5. The summed E-state index contributed by atoms with van der Waals surface area (Å²) in [5, 5.41) is 4.57. The monoisotopic (exact) mass is 231 g/mol. The van der Waals surface area contributed by atoms with E-state index in [1.807, 2.05) is 27.7 Å². The van der Waals surface area contributed by atoms with E-state index in [1.54, 1.807) is 10.9 Å². The molecular formula is C10H18ClN3O. The second-order valence-corrected chi connectivity index (χ2v) is 4.89. The van der Waals surface area contributed by atoms with E-state index in [9.17, 15) is 0 Å². The van der Waals surface area contributed by atoms with Crippen molar-refractivity contribution in [3.63, 3.8) is 0 Å². The van der Waals surface area contributed by atoms with Crippen LogP contribution >= 0.6 is 11.6 Å². The van der Waals surface area contributed by atoms with Crippen molar-refractivity contribution in [2.75, 3.05) is 5.73 Å². The first-order chi connectivity index (χ1) is 6.80. The van der Waals surface area contributed by atoms with Crippen molar-refractivity contribution >= 4 is 17.4 Å². The number of hydrogen-bond donors (Lipinski definition) is 1. The van der Waals surface area contributed by atoms with Crippen LogP contribution in [0.25, 0.3) is 0 Å². The van der Waals surface area contributed by atoms with Crippen LogP contribution in [0.15, 0.2) is 6.20 Å². The maximum atomic E-state index is 5.81. The minimum absolute atomic E-state index is 0.184. The number of nitrogens with two attached hydrogens (primary N) is 1. The van der Waals surface area contributed by atoms with Gasteiger partial charge < -0.3 is 10.5 Å². The molecule has 0 aliphatic rings. The smallest absolute Gasteiger partial charge is 0.164 e. The molecule has 0 atom stereocenters. The van der Waals surface area contributed by atoms with Gasteiger partial charge in [-0.15, -0.1) is 0 Å². The van der Waals surface area contributed by atoms with E-state index in [0.29, 0.717) is 17.4 Å². The lowest BCUT2D eigenvalue weighted by molar-refractivity contribution is -0.0670. The normalized spacial score (nSPS) is 12.4. The summed E-state index contributed by atoms with van der Waals surface area (Å²) in [5.74, 6) is 0.358. The van der Waals surface area contributed by atoms with Gasteiger partial charge in [-0.1, -0.05) is 11.6 Å². The molecule has 0 aromatic carbocycles. The van der Waals surface area contributed by atoms with Gasteiger partial charge in [0.15, 0.2) is 5.82 Å². The minimum atomic E-state index is -0.282. The minimum Gasteiger partial charge on any atom is -0.381 e. The predicted octanol–water partition coefficient (Wildman–Crippen LogP) is 2.32. The van der Waals surface area contributed by atoms with Crippen LogP contribution in [0.1, 0.15) is 27.7 Å². The zero-order valence-electron chi connectivity index (χ0n) is 9.62. The average molecular weight is 232 g/mol. The van der Waals surface area contributed by atoms with Crippen LogP contribution in [0, 0.1) is 0 Å². The molecule has 1 rings (SSSR count). The molecule has 15 heavy (non-hydrogen) atoms. The molecule has 2 N–H and O–H groups in total. The Hall–Kier alpha value is -0.740. The van der Waals surface area contributed by atoms with Gasteiger partial charge in [0.05, 0.1) is 18.2 Å². The fraction of sp³-hybridized carbons (Fsp3) is 0.700. The van der Waals surface area contributed by atoms with Gasteiger partial charge in [-0.2, -0.15) is 5.10 Å². The molecule has 0 saturated carbocycles. The maximum absolute atomic E-state index is 5.81. The molecule has 0 spiro atoms. The van der Waals surface area contributed by atoms with Gasteiger partial charge in [0.25, 0.3) is 0 Å². The lowest BCUT2D eigenvalue weighted by Gasteiger charge is -2.27. The van der Waals surface area contributed by atoms with Gasteiger partial charge >= 0.3 is 0 Å². The van der Waals surface area contributed by atoms with Crippen LogP contribution in [0.5, 0.6) is 0 Å². The zero-order valence-corrected chi connectivity index (χ0v) is 10.4. The van der Waals surface area contributed by atoms with Crippen LogP contribution in [0.4, 0.5) is 5.82 Å². The van der Waals surface area contributed by atoms with Gasteiger partial charge in [0.2, 0.25) is 0 Å². The Bertz CT molecular complexity index is 314. The highest BCUT2D eigenvalue weighted by molar-refractivity contribution is 6.32. The van der Waals surface area contributed by atoms with Crippen LogP contribution in [0.3, 0.4) is 0 Å². The van der Waals surface area contributed by atoms with E-state index < -0.39 is 0 Å². The summed E-state index contributed by atoms with van der Waals surface area (Å²) < 4.78 is 7.45. The lowest BCUT2D eigenvalue weighted by Crippen LogP contribution is -2.33. The zero-order chi connectivity index (χ0) is 11.6. The summed E-state index contributed by atoms with van der Waals surface area (Å²) in [4.78, 5) is 0. The fourth-order valence-electron chi connectivity index (χ4n) is 1.56. The molecule has 0 saturated heterocycles. The third-order valence-electron chi connectivity index (χ3n) is 1.84. The van der Waals surface area contributed by atoms with E-state index in [1.165, 1.54) is 0 Å². The average Bonchev–Trinajstić information content (AvgIpc) is 2.25. The molecular weight excluding hydrogens is 214 g/mol. The second kappa shape index (κ2) is 4.41. The molecule has 0 radical (unpaired) electrons. The first-order valence-corrected chi connectivity index (χ1v) is 5.34. The number of rotatable bonds is 4. The molecule has 0 aliphatic carbocycles. The summed E-state index contributed by atoms with van der Waals surface area (Å²) in [7, 11) is 0. The number of aromatic nitrogens is 2. The molecule has 1 aromatic rings. The number of hydrogen-bond acceptors (Lipinski definition) is 3. The summed E-state index contributed by atoms with van der Waals surface area (Å²) in [6.45, 7) is 8.66. The van der Waals surface area contributed by atoms with E-state index >= 15 is 0 Å². The largest absolute Gasteiger partial charge is 0.381 e. The van der Waals surface area contributed by atoms with Crippen molar-refractivity contribution in [1.29, 1.82) is 0 Å². The van der Waals surface area contributed by atoms with E-state index in [0.717, 1.165) is 0 Å². The summed E-state index contributed by atoms with van der Waals surface area (Å²) in [5.41, 5.74) is 5.27. The quantitative estimate of drug-likeness (QED) is 0.865. The Kier molecular flexibility index (Phi) is 3.62. The standard InChI is InChI=1S/C10H18ClN3O/c1-7(2)15-10(3,4)6-14-5-8(11)9(12)13-14/h5,7H,6H2,1-4H3,(H2,12,13). The molecule has 5 heteroatoms. The Morgan fingerprint density at radius 3 is 2.60 bits per heavy atom. The molecule has 0 fully saturated rings. The third-order valence-corrected chi connectivity index (χ3v) is 2.13. The van der Waals surface area contributed by atoms with Gasteiger partial charge in [-0.05, 0) is 27.7 Å². The van der Waals surface area contributed by atoms with E-state index in [-0.39, 0.29) is 11.7 Å². The highest BCUT2D eigenvalue weighted by Gasteiger charge is 2.21. The van der Waals surface area contributed by atoms with Crippen LogP contribution in [0.2, 0.25) is 5.02 Å². The molecule has 1 aromatic heterocycles. The maximum Gasteiger partial charge on any atom is 0.164 e. The Balaban J connectivity index is 2.68. The topological polar surface area (TPSA) is 53.1 Å². The second-order valence-electron chi connectivity index (χ2n) is 4.49. The van der Waals surface area contributed by atoms with Gasteiger partial charge in [0.1, 0.15) is 5.02 Å².